The van der Waals surface area contributed by atoms with E-state index >= 15 is 0 Å². The lowest BCUT2D eigenvalue weighted by molar-refractivity contribution is -0.148. The summed E-state index contributed by atoms with van der Waals surface area (Å²) in [7, 11) is 0. The zero-order chi connectivity index (χ0) is 18.2. The van der Waals surface area contributed by atoms with Crippen LogP contribution in [-0.4, -0.2) is 28.6 Å². The number of fused-ring (bicyclic) bond motifs is 1. The highest BCUT2D eigenvalue weighted by atomic mass is 16.5. The lowest BCUT2D eigenvalue weighted by atomic mass is 9.67. The number of ketones is 1. The van der Waals surface area contributed by atoms with Crippen LogP contribution >= 0.6 is 0 Å². The molecule has 0 aromatic rings. The first-order chi connectivity index (χ1) is 11.6. The number of carbonyl (C=O) groups excluding carboxylic acids is 2. The molecule has 4 aliphatic carbocycles. The Bertz CT molecular complexity index is 712. The van der Waals surface area contributed by atoms with Gasteiger partial charge in [-0.05, 0) is 52.4 Å². The molecular weight excluding hydrogens is 316 g/mol. The molecule has 4 heteroatoms. The van der Waals surface area contributed by atoms with E-state index in [0.717, 1.165) is 24.0 Å². The number of aliphatic hydroxyl groups is 1. The second-order valence-electron chi connectivity index (χ2n) is 8.36. The maximum atomic E-state index is 13.0. The molecule has 5 radical (unpaired) electrons. The standard InChI is InChI=1S/C21H23O4/c1-12-15-14(16(22)20(4,24)21(12)9-10-21)11-19(2,3)17(15)25-18(23)13-7-5-6-8-13/h5-8,11,17,24H,9-10H2,1-4H3/t17-,20+/m1/s1. The van der Waals surface area contributed by atoms with Gasteiger partial charge in [0.1, 0.15) is 11.7 Å². The molecule has 0 aromatic heterocycles. The molecule has 2 fully saturated rings. The molecule has 4 aliphatic rings. The Kier molecular flexibility index (Phi) is 3.45. The minimum Gasteiger partial charge on any atom is -0.456 e. The summed E-state index contributed by atoms with van der Waals surface area (Å²) in [6.45, 7) is 7.52. The van der Waals surface area contributed by atoms with E-state index in [2.05, 4.69) is 0 Å². The average Bonchev–Trinajstić information content (AvgIpc) is 3.09. The second kappa shape index (κ2) is 5.06. The van der Waals surface area contributed by atoms with Crippen molar-refractivity contribution >= 4 is 11.8 Å². The van der Waals surface area contributed by atoms with Gasteiger partial charge in [-0.15, -0.1) is 0 Å². The maximum Gasteiger partial charge on any atom is 0.314 e. The molecule has 4 nitrogen and oxygen atoms in total. The first-order valence-electron chi connectivity index (χ1n) is 8.76. The number of hydrogen-bond acceptors (Lipinski definition) is 4. The van der Waals surface area contributed by atoms with Crippen LogP contribution in [0.4, 0.5) is 0 Å². The van der Waals surface area contributed by atoms with Crippen molar-refractivity contribution in [1.29, 1.82) is 0 Å². The van der Waals surface area contributed by atoms with Crippen molar-refractivity contribution in [3.8, 4) is 0 Å². The van der Waals surface area contributed by atoms with E-state index in [0.29, 0.717) is 11.5 Å². The summed E-state index contributed by atoms with van der Waals surface area (Å²) < 4.78 is 5.87. The molecule has 131 valence electrons. The molecule has 0 aliphatic heterocycles. The van der Waals surface area contributed by atoms with Crippen molar-refractivity contribution in [3.63, 3.8) is 0 Å². The zero-order valence-corrected chi connectivity index (χ0v) is 15.1. The molecule has 25 heavy (non-hydrogen) atoms. The largest absolute Gasteiger partial charge is 0.456 e. The van der Waals surface area contributed by atoms with Gasteiger partial charge in [-0.2, -0.15) is 0 Å². The molecule has 2 saturated carbocycles. The van der Waals surface area contributed by atoms with Crippen molar-refractivity contribution in [2.45, 2.75) is 52.2 Å². The van der Waals surface area contributed by atoms with E-state index in [-0.39, 0.29) is 11.8 Å². The highest BCUT2D eigenvalue weighted by Crippen LogP contribution is 2.65. The van der Waals surface area contributed by atoms with Gasteiger partial charge in [0.05, 0.1) is 5.92 Å². The normalized spacial score (nSPS) is 35.8. The number of rotatable bonds is 2. The number of Topliss-reactive ketones (excluding diaryl/α,β-unsaturated/α-hetero) is 1. The summed E-state index contributed by atoms with van der Waals surface area (Å²) in [6, 6.07) is 0. The summed E-state index contributed by atoms with van der Waals surface area (Å²) in [5.41, 5.74) is -0.0614. The predicted octanol–water partition coefficient (Wildman–Crippen LogP) is 2.70. The van der Waals surface area contributed by atoms with Crippen LogP contribution in [-0.2, 0) is 14.3 Å². The maximum absolute atomic E-state index is 13.0. The van der Waals surface area contributed by atoms with Crippen molar-refractivity contribution in [3.05, 3.63) is 54.4 Å². The van der Waals surface area contributed by atoms with Crippen LogP contribution in [0, 0.1) is 42.4 Å². The van der Waals surface area contributed by atoms with E-state index in [1.165, 1.54) is 0 Å². The van der Waals surface area contributed by atoms with Crippen LogP contribution in [0.3, 0.4) is 0 Å². The third-order valence-corrected chi connectivity index (χ3v) is 6.36. The summed E-state index contributed by atoms with van der Waals surface area (Å²) in [5, 5.41) is 10.9. The minimum absolute atomic E-state index is 0.245. The molecule has 0 saturated heterocycles. The molecule has 1 spiro atoms. The van der Waals surface area contributed by atoms with Gasteiger partial charge < -0.3 is 9.84 Å². The number of ether oxygens (including phenoxy) is 1. The van der Waals surface area contributed by atoms with Crippen LogP contribution in [0.5, 0.6) is 0 Å². The van der Waals surface area contributed by atoms with Crippen molar-refractivity contribution < 1.29 is 19.4 Å². The van der Waals surface area contributed by atoms with E-state index in [9.17, 15) is 14.7 Å². The lowest BCUT2D eigenvalue weighted by Gasteiger charge is -2.40. The molecule has 0 aromatic carbocycles. The minimum atomic E-state index is -1.38. The Hall–Kier alpha value is -1.42. The van der Waals surface area contributed by atoms with E-state index in [1.54, 1.807) is 32.6 Å². The van der Waals surface area contributed by atoms with Gasteiger partial charge in [-0.1, -0.05) is 25.5 Å². The van der Waals surface area contributed by atoms with Gasteiger partial charge in [0.15, 0.2) is 5.78 Å². The van der Waals surface area contributed by atoms with E-state index < -0.39 is 22.5 Å². The van der Waals surface area contributed by atoms with Crippen molar-refractivity contribution in [2.75, 3.05) is 0 Å². The van der Waals surface area contributed by atoms with E-state index in [4.69, 9.17) is 4.74 Å². The number of esters is 1. The fourth-order valence-electron chi connectivity index (χ4n) is 4.61. The van der Waals surface area contributed by atoms with Gasteiger partial charge in [0, 0.05) is 22.0 Å². The van der Waals surface area contributed by atoms with Crippen LogP contribution in [0.2, 0.25) is 0 Å². The lowest BCUT2D eigenvalue weighted by Crippen LogP contribution is -2.50. The van der Waals surface area contributed by atoms with Crippen LogP contribution in [0.15, 0.2) is 22.8 Å². The molecular formula is C21H23O4. The van der Waals surface area contributed by atoms with E-state index in [1.807, 2.05) is 26.8 Å². The Balaban J connectivity index is 1.74. The second-order valence-corrected chi connectivity index (χ2v) is 8.36. The predicted molar refractivity (Wildman–Crippen MR) is 92.2 cm³/mol. The summed E-state index contributed by atoms with van der Waals surface area (Å²) in [4.78, 5) is 25.5. The van der Waals surface area contributed by atoms with Crippen molar-refractivity contribution in [1.82, 2.24) is 0 Å². The van der Waals surface area contributed by atoms with Crippen LogP contribution < -0.4 is 0 Å². The first-order valence-corrected chi connectivity index (χ1v) is 8.76. The molecule has 1 N–H and O–H groups in total. The van der Waals surface area contributed by atoms with Gasteiger partial charge in [0.25, 0.3) is 0 Å². The molecule has 0 amide bonds. The molecule has 2 atom stereocenters. The zero-order valence-electron chi connectivity index (χ0n) is 15.1. The summed E-state index contributed by atoms with van der Waals surface area (Å²) in [6.07, 6.45) is 9.97. The van der Waals surface area contributed by atoms with Gasteiger partial charge in [0.2, 0.25) is 0 Å². The Morgan fingerprint density at radius 1 is 1.20 bits per heavy atom. The molecule has 4 rings (SSSR count). The highest BCUT2D eigenvalue weighted by molar-refractivity contribution is 6.09. The number of carbonyl (C=O) groups is 2. The summed E-state index contributed by atoms with van der Waals surface area (Å²) >= 11 is 0. The number of hydrogen-bond donors (Lipinski definition) is 1. The van der Waals surface area contributed by atoms with Crippen LogP contribution in [0.25, 0.3) is 0 Å². The Labute approximate surface area is 149 Å². The van der Waals surface area contributed by atoms with Crippen molar-refractivity contribution in [2.24, 2.45) is 10.8 Å². The summed E-state index contributed by atoms with van der Waals surface area (Å²) in [5.74, 6) is -0.115. The quantitative estimate of drug-likeness (QED) is 0.786. The topological polar surface area (TPSA) is 63.6 Å². The fraction of sp³-hybridized carbons (Fsp3) is 0.476. The monoisotopic (exact) mass is 339 g/mol. The Morgan fingerprint density at radius 2 is 1.80 bits per heavy atom. The third-order valence-electron chi connectivity index (χ3n) is 6.36. The smallest absolute Gasteiger partial charge is 0.314 e. The molecule has 0 unspecified atom stereocenters. The molecule has 0 heterocycles. The first kappa shape index (κ1) is 17.0. The Morgan fingerprint density at radius 3 is 2.36 bits per heavy atom. The fourth-order valence-corrected chi connectivity index (χ4v) is 4.61. The van der Waals surface area contributed by atoms with Gasteiger partial charge >= 0.3 is 5.97 Å². The van der Waals surface area contributed by atoms with Gasteiger partial charge in [-0.25, -0.2) is 0 Å². The average molecular weight is 339 g/mol. The van der Waals surface area contributed by atoms with Gasteiger partial charge in [-0.3, -0.25) is 9.59 Å². The van der Waals surface area contributed by atoms with Crippen LogP contribution in [0.1, 0.15) is 40.5 Å². The highest BCUT2D eigenvalue weighted by Gasteiger charge is 2.66. The third kappa shape index (κ3) is 2.16. The SMILES string of the molecule is CC1=C2C(=CC(C)(C)[C@@H]2OC(=O)[C]2[CH][CH][CH][CH]2)C(=O)[C@](C)(O)C12CC2. The molecule has 0 bridgehead atoms.